The van der Waals surface area contributed by atoms with E-state index in [1.807, 2.05) is 12.1 Å². The van der Waals surface area contributed by atoms with Crippen molar-refractivity contribution >= 4 is 17.1 Å². The molecule has 1 aliphatic carbocycles. The van der Waals surface area contributed by atoms with Crippen LogP contribution >= 0.6 is 0 Å². The van der Waals surface area contributed by atoms with Crippen molar-refractivity contribution in [2.45, 2.75) is 39.2 Å². The number of anilines is 1. The van der Waals surface area contributed by atoms with Crippen molar-refractivity contribution in [2.75, 3.05) is 5.73 Å². The van der Waals surface area contributed by atoms with E-state index in [0.29, 0.717) is 11.4 Å². The molecule has 0 aromatic carbocycles. The van der Waals surface area contributed by atoms with Gasteiger partial charge in [0.25, 0.3) is 0 Å². The Hall–Kier alpha value is -1.58. The van der Waals surface area contributed by atoms with Gasteiger partial charge in [0.15, 0.2) is 5.65 Å². The Morgan fingerprint density at radius 2 is 2.29 bits per heavy atom. The number of rotatable bonds is 4. The van der Waals surface area contributed by atoms with Crippen LogP contribution in [0, 0.1) is 5.41 Å². The Morgan fingerprint density at radius 1 is 1.47 bits per heavy atom. The molecule has 1 fully saturated rings. The summed E-state index contributed by atoms with van der Waals surface area (Å²) in [5.74, 6) is 0.598. The molecule has 0 bridgehead atoms. The number of aromatic nitrogens is 3. The van der Waals surface area contributed by atoms with Gasteiger partial charge in [0.2, 0.25) is 5.95 Å². The van der Waals surface area contributed by atoms with Gasteiger partial charge in [0.1, 0.15) is 5.52 Å². The number of nitrogen functional groups attached to an aromatic ring is 1. The molecule has 0 spiro atoms. The van der Waals surface area contributed by atoms with Gasteiger partial charge in [0, 0.05) is 12.7 Å². The molecule has 4 nitrogen and oxygen atoms in total. The second-order valence-corrected chi connectivity index (χ2v) is 5.15. The minimum Gasteiger partial charge on any atom is -0.369 e. The molecule has 1 saturated carbocycles. The zero-order valence-electron chi connectivity index (χ0n) is 10.2. The number of fused-ring (bicyclic) bond motifs is 1. The normalized spacial score (nSPS) is 17.5. The predicted octanol–water partition coefficient (Wildman–Crippen LogP) is 2.59. The van der Waals surface area contributed by atoms with E-state index >= 15 is 0 Å². The van der Waals surface area contributed by atoms with E-state index in [-0.39, 0.29) is 0 Å². The van der Waals surface area contributed by atoms with Crippen LogP contribution in [0.2, 0.25) is 0 Å². The molecule has 0 amide bonds. The van der Waals surface area contributed by atoms with Crippen LogP contribution in [0.25, 0.3) is 11.2 Å². The van der Waals surface area contributed by atoms with E-state index in [9.17, 15) is 0 Å². The first-order valence-corrected chi connectivity index (χ1v) is 6.31. The van der Waals surface area contributed by atoms with Gasteiger partial charge in [-0.25, -0.2) is 9.97 Å². The first-order valence-electron chi connectivity index (χ1n) is 6.31. The van der Waals surface area contributed by atoms with Crippen LogP contribution in [-0.2, 0) is 6.54 Å². The third-order valence-electron chi connectivity index (χ3n) is 3.76. The van der Waals surface area contributed by atoms with Gasteiger partial charge in [-0.3, -0.25) is 4.57 Å². The number of nitrogens with two attached hydrogens (primary N) is 1. The van der Waals surface area contributed by atoms with Crippen LogP contribution in [0.5, 0.6) is 0 Å². The summed E-state index contributed by atoms with van der Waals surface area (Å²) in [6, 6.07) is 3.87. The van der Waals surface area contributed by atoms with Gasteiger partial charge in [0.05, 0.1) is 0 Å². The highest BCUT2D eigenvalue weighted by Gasteiger charge is 2.42. The quantitative estimate of drug-likeness (QED) is 0.878. The zero-order valence-corrected chi connectivity index (χ0v) is 10.2. The van der Waals surface area contributed by atoms with Gasteiger partial charge in [-0.2, -0.15) is 0 Å². The maximum Gasteiger partial charge on any atom is 0.202 e. The third-order valence-corrected chi connectivity index (χ3v) is 3.76. The van der Waals surface area contributed by atoms with Gasteiger partial charge in [-0.05, 0) is 36.8 Å². The van der Waals surface area contributed by atoms with Gasteiger partial charge in [-0.1, -0.05) is 13.3 Å². The van der Waals surface area contributed by atoms with Crippen molar-refractivity contribution in [1.29, 1.82) is 0 Å². The van der Waals surface area contributed by atoms with E-state index in [0.717, 1.165) is 17.7 Å². The van der Waals surface area contributed by atoms with Crippen molar-refractivity contribution in [3.63, 3.8) is 0 Å². The fourth-order valence-electron chi connectivity index (χ4n) is 2.66. The van der Waals surface area contributed by atoms with Crippen molar-refractivity contribution in [2.24, 2.45) is 5.41 Å². The Kier molecular flexibility index (Phi) is 2.31. The lowest BCUT2D eigenvalue weighted by Crippen LogP contribution is -2.14. The van der Waals surface area contributed by atoms with E-state index in [2.05, 4.69) is 21.5 Å². The Bertz CT molecular complexity index is 539. The molecular formula is C13H18N4. The molecule has 3 rings (SSSR count). The SMILES string of the molecule is CCCC1(Cn2c(N)nc3cccnc32)CC1. The minimum atomic E-state index is 0.466. The molecule has 0 atom stereocenters. The largest absolute Gasteiger partial charge is 0.369 e. The second-order valence-electron chi connectivity index (χ2n) is 5.15. The molecule has 90 valence electrons. The van der Waals surface area contributed by atoms with E-state index < -0.39 is 0 Å². The second kappa shape index (κ2) is 3.72. The fourth-order valence-corrected chi connectivity index (χ4v) is 2.66. The lowest BCUT2D eigenvalue weighted by Gasteiger charge is -2.15. The summed E-state index contributed by atoms with van der Waals surface area (Å²) < 4.78 is 2.08. The molecule has 2 aromatic rings. The van der Waals surface area contributed by atoms with Gasteiger partial charge >= 0.3 is 0 Å². The van der Waals surface area contributed by atoms with Crippen molar-refractivity contribution in [1.82, 2.24) is 14.5 Å². The maximum atomic E-state index is 6.00. The summed E-state index contributed by atoms with van der Waals surface area (Å²) in [6.45, 7) is 3.22. The lowest BCUT2D eigenvalue weighted by molar-refractivity contribution is 0.395. The molecule has 0 aliphatic heterocycles. The summed E-state index contributed by atoms with van der Waals surface area (Å²) in [5, 5.41) is 0. The third kappa shape index (κ3) is 1.77. The molecule has 0 unspecified atom stereocenters. The minimum absolute atomic E-state index is 0.466. The number of hydrogen-bond acceptors (Lipinski definition) is 3. The van der Waals surface area contributed by atoms with E-state index in [4.69, 9.17) is 5.73 Å². The predicted molar refractivity (Wildman–Crippen MR) is 68.5 cm³/mol. The van der Waals surface area contributed by atoms with Crippen molar-refractivity contribution in [3.05, 3.63) is 18.3 Å². The number of pyridine rings is 1. The first-order chi connectivity index (χ1) is 8.24. The maximum absolute atomic E-state index is 6.00. The molecule has 2 N–H and O–H groups in total. The molecule has 0 saturated heterocycles. The molecule has 2 heterocycles. The first kappa shape index (κ1) is 10.6. The molecule has 4 heteroatoms. The standard InChI is InChI=1S/C13H18N4/c1-2-5-13(6-7-13)9-17-11-10(16-12(17)14)4-3-8-15-11/h3-4,8H,2,5-7,9H2,1H3,(H2,14,16). The molecule has 17 heavy (non-hydrogen) atoms. The van der Waals surface area contributed by atoms with Gasteiger partial charge < -0.3 is 5.73 Å². The van der Waals surface area contributed by atoms with Crippen LogP contribution in [0.3, 0.4) is 0 Å². The molecule has 1 aliphatic rings. The topological polar surface area (TPSA) is 56.7 Å². The van der Waals surface area contributed by atoms with Crippen LogP contribution in [0.15, 0.2) is 18.3 Å². The summed E-state index contributed by atoms with van der Waals surface area (Å²) >= 11 is 0. The lowest BCUT2D eigenvalue weighted by atomic mass is 10.0. The number of nitrogens with zero attached hydrogens (tertiary/aromatic N) is 3. The summed E-state index contributed by atoms with van der Waals surface area (Å²) in [6.07, 6.45) is 6.94. The summed E-state index contributed by atoms with van der Waals surface area (Å²) in [7, 11) is 0. The van der Waals surface area contributed by atoms with Crippen LogP contribution < -0.4 is 5.73 Å². The molecular weight excluding hydrogens is 212 g/mol. The Balaban J connectivity index is 1.97. The average Bonchev–Trinajstić information content (AvgIpc) is 3.00. The van der Waals surface area contributed by atoms with Gasteiger partial charge in [-0.15, -0.1) is 0 Å². The molecule has 2 aromatic heterocycles. The van der Waals surface area contributed by atoms with Crippen LogP contribution in [-0.4, -0.2) is 14.5 Å². The highest BCUT2D eigenvalue weighted by atomic mass is 15.2. The molecule has 0 radical (unpaired) electrons. The Morgan fingerprint density at radius 3 is 3.00 bits per heavy atom. The monoisotopic (exact) mass is 230 g/mol. The van der Waals surface area contributed by atoms with Crippen molar-refractivity contribution < 1.29 is 0 Å². The fraction of sp³-hybridized carbons (Fsp3) is 0.538. The summed E-state index contributed by atoms with van der Waals surface area (Å²) in [5.41, 5.74) is 8.29. The van der Waals surface area contributed by atoms with Crippen molar-refractivity contribution in [3.8, 4) is 0 Å². The smallest absolute Gasteiger partial charge is 0.202 e. The van der Waals surface area contributed by atoms with E-state index in [1.165, 1.54) is 25.7 Å². The highest BCUT2D eigenvalue weighted by Crippen LogP contribution is 2.51. The van der Waals surface area contributed by atoms with E-state index in [1.54, 1.807) is 6.20 Å². The van der Waals surface area contributed by atoms with Crippen LogP contribution in [0.4, 0.5) is 5.95 Å². The summed E-state index contributed by atoms with van der Waals surface area (Å²) in [4.78, 5) is 8.76. The number of hydrogen-bond donors (Lipinski definition) is 1. The highest BCUT2D eigenvalue weighted by molar-refractivity contribution is 5.73. The Labute approximate surface area is 101 Å². The number of imidazole rings is 1. The zero-order chi connectivity index (χ0) is 11.9. The van der Waals surface area contributed by atoms with Crippen LogP contribution in [0.1, 0.15) is 32.6 Å². The average molecular weight is 230 g/mol.